The number of carbonyl (C=O) groups is 2. The molecule has 0 aliphatic carbocycles. The molecule has 2 N–H and O–H groups in total. The molecule has 1 aromatic carbocycles. The molecule has 8 heteroatoms. The number of benzene rings is 1. The van der Waals surface area contributed by atoms with E-state index in [1.54, 1.807) is 16.9 Å². The van der Waals surface area contributed by atoms with Crippen molar-refractivity contribution < 1.29 is 14.7 Å². The van der Waals surface area contributed by atoms with Crippen LogP contribution in [0.25, 0.3) is 0 Å². The summed E-state index contributed by atoms with van der Waals surface area (Å²) in [4.78, 5) is 23.1. The number of rotatable bonds is 6. The maximum atomic E-state index is 12.0. The predicted molar refractivity (Wildman–Crippen MR) is 90.3 cm³/mol. The Morgan fingerprint density at radius 1 is 1.16 bits per heavy atom. The lowest BCUT2D eigenvalue weighted by Crippen LogP contribution is -2.22. The van der Waals surface area contributed by atoms with E-state index in [0.717, 1.165) is 10.2 Å². The zero-order chi connectivity index (χ0) is 17.8. The molecule has 0 bridgehead atoms. The average Bonchev–Trinajstić information content (AvgIpc) is 3.19. The monoisotopic (exact) mass is 339 g/mol. The van der Waals surface area contributed by atoms with Gasteiger partial charge in [0.15, 0.2) is 5.82 Å². The molecule has 0 aliphatic heterocycles. The van der Waals surface area contributed by atoms with Gasteiger partial charge in [0.1, 0.15) is 12.2 Å². The lowest BCUT2D eigenvalue weighted by Gasteiger charge is -2.05. The van der Waals surface area contributed by atoms with Gasteiger partial charge in [0, 0.05) is 18.5 Å². The highest BCUT2D eigenvalue weighted by Crippen LogP contribution is 2.08. The molecule has 0 aliphatic rings. The Morgan fingerprint density at radius 3 is 2.64 bits per heavy atom. The maximum Gasteiger partial charge on any atom is 0.354 e. The summed E-state index contributed by atoms with van der Waals surface area (Å²) in [6, 6.07) is 11.2. The SMILES string of the molecule is Cc1ccc(Cn2ccc(NC(=O)Cn3nccc3C(=O)O)n2)cc1. The normalized spacial score (nSPS) is 10.6. The number of aromatic nitrogens is 4. The van der Waals surface area contributed by atoms with Crippen LogP contribution in [0.1, 0.15) is 21.6 Å². The van der Waals surface area contributed by atoms with Gasteiger partial charge in [-0.2, -0.15) is 10.2 Å². The van der Waals surface area contributed by atoms with Crippen molar-refractivity contribution in [2.24, 2.45) is 0 Å². The second-order valence-corrected chi connectivity index (χ2v) is 5.61. The second kappa shape index (κ2) is 7.00. The highest BCUT2D eigenvalue weighted by molar-refractivity contribution is 5.91. The summed E-state index contributed by atoms with van der Waals surface area (Å²) < 4.78 is 2.85. The summed E-state index contributed by atoms with van der Waals surface area (Å²) in [5.74, 6) is -1.12. The van der Waals surface area contributed by atoms with E-state index >= 15 is 0 Å². The summed E-state index contributed by atoms with van der Waals surface area (Å²) in [6.45, 7) is 2.43. The van der Waals surface area contributed by atoms with Gasteiger partial charge < -0.3 is 10.4 Å². The third-order valence-electron chi connectivity index (χ3n) is 3.60. The number of carboxylic acids is 1. The Morgan fingerprint density at radius 2 is 1.92 bits per heavy atom. The van der Waals surface area contributed by atoms with Gasteiger partial charge >= 0.3 is 5.97 Å². The van der Waals surface area contributed by atoms with Gasteiger partial charge in [0.05, 0.1) is 6.54 Å². The minimum absolute atomic E-state index is 0.0416. The molecule has 0 radical (unpaired) electrons. The largest absolute Gasteiger partial charge is 0.477 e. The van der Waals surface area contributed by atoms with Crippen molar-refractivity contribution in [2.75, 3.05) is 5.32 Å². The molecule has 2 aromatic heterocycles. The quantitative estimate of drug-likeness (QED) is 0.712. The number of nitrogens with one attached hydrogen (secondary N) is 1. The van der Waals surface area contributed by atoms with Crippen molar-refractivity contribution in [3.05, 3.63) is 65.6 Å². The highest BCUT2D eigenvalue weighted by Gasteiger charge is 2.13. The molecule has 8 nitrogen and oxygen atoms in total. The van der Waals surface area contributed by atoms with Gasteiger partial charge in [0.2, 0.25) is 5.91 Å². The first-order chi connectivity index (χ1) is 12.0. The molecule has 128 valence electrons. The third-order valence-corrected chi connectivity index (χ3v) is 3.60. The van der Waals surface area contributed by atoms with Crippen molar-refractivity contribution in [2.45, 2.75) is 20.0 Å². The zero-order valence-corrected chi connectivity index (χ0v) is 13.6. The van der Waals surface area contributed by atoms with E-state index in [2.05, 4.69) is 15.5 Å². The molecular weight excluding hydrogens is 322 g/mol. The lowest BCUT2D eigenvalue weighted by atomic mass is 10.1. The van der Waals surface area contributed by atoms with E-state index < -0.39 is 11.9 Å². The van der Waals surface area contributed by atoms with E-state index in [-0.39, 0.29) is 12.2 Å². The summed E-state index contributed by atoms with van der Waals surface area (Å²) in [5.41, 5.74) is 2.26. The number of aromatic carboxylic acids is 1. The van der Waals surface area contributed by atoms with E-state index in [0.29, 0.717) is 12.4 Å². The van der Waals surface area contributed by atoms with E-state index in [9.17, 15) is 9.59 Å². The molecule has 2 heterocycles. The standard InChI is InChI=1S/C17H17N5O3/c1-12-2-4-13(5-3-12)10-21-9-7-15(20-21)19-16(23)11-22-14(17(24)25)6-8-18-22/h2-9H,10-11H2,1H3,(H,24,25)(H,19,20,23). The molecular formula is C17H17N5O3. The topological polar surface area (TPSA) is 102 Å². The molecule has 0 saturated carbocycles. The number of carbonyl (C=O) groups excluding carboxylic acids is 1. The number of nitrogens with zero attached hydrogens (tertiary/aromatic N) is 4. The van der Waals surface area contributed by atoms with Crippen molar-refractivity contribution in [3.63, 3.8) is 0 Å². The number of hydrogen-bond acceptors (Lipinski definition) is 4. The number of amides is 1. The van der Waals surface area contributed by atoms with Gasteiger partial charge in [-0.15, -0.1) is 0 Å². The van der Waals surface area contributed by atoms with E-state index in [1.165, 1.54) is 17.8 Å². The van der Waals surface area contributed by atoms with E-state index in [1.807, 2.05) is 31.2 Å². The molecule has 0 unspecified atom stereocenters. The predicted octanol–water partition coefficient (Wildman–Crippen LogP) is 1.77. The molecule has 3 rings (SSSR count). The van der Waals surface area contributed by atoms with Gasteiger partial charge in [-0.3, -0.25) is 9.48 Å². The first kappa shape index (κ1) is 16.4. The number of anilines is 1. The van der Waals surface area contributed by atoms with Crippen LogP contribution >= 0.6 is 0 Å². The summed E-state index contributed by atoms with van der Waals surface area (Å²) in [7, 11) is 0. The Labute approximate surface area is 143 Å². The van der Waals surface area contributed by atoms with Crippen LogP contribution in [0.15, 0.2) is 48.8 Å². The smallest absolute Gasteiger partial charge is 0.354 e. The molecule has 3 aromatic rings. The Balaban J connectivity index is 1.61. The van der Waals surface area contributed by atoms with Gasteiger partial charge in [-0.1, -0.05) is 29.8 Å². The Hall–Kier alpha value is -3.42. The summed E-state index contributed by atoms with van der Waals surface area (Å²) in [6.07, 6.45) is 3.11. The molecule has 0 atom stereocenters. The van der Waals surface area contributed by atoms with Crippen LogP contribution in [0.5, 0.6) is 0 Å². The maximum absolute atomic E-state index is 12.0. The van der Waals surface area contributed by atoms with Crippen LogP contribution in [0, 0.1) is 6.92 Å². The third kappa shape index (κ3) is 4.11. The molecule has 0 saturated heterocycles. The second-order valence-electron chi connectivity index (χ2n) is 5.61. The van der Waals surface area contributed by atoms with E-state index in [4.69, 9.17) is 5.11 Å². The van der Waals surface area contributed by atoms with Gasteiger partial charge in [-0.05, 0) is 18.6 Å². The van der Waals surface area contributed by atoms with Crippen LogP contribution in [0.2, 0.25) is 0 Å². The fraction of sp³-hybridized carbons (Fsp3) is 0.176. The van der Waals surface area contributed by atoms with Crippen molar-refractivity contribution in [1.29, 1.82) is 0 Å². The fourth-order valence-corrected chi connectivity index (χ4v) is 2.36. The number of hydrogen-bond donors (Lipinski definition) is 2. The summed E-state index contributed by atoms with van der Waals surface area (Å²) >= 11 is 0. The Kier molecular flexibility index (Phi) is 4.60. The summed E-state index contributed by atoms with van der Waals surface area (Å²) in [5, 5.41) is 19.8. The zero-order valence-electron chi connectivity index (χ0n) is 13.6. The number of carboxylic acid groups (broad SMARTS) is 1. The first-order valence-corrected chi connectivity index (χ1v) is 7.65. The minimum Gasteiger partial charge on any atom is -0.477 e. The first-order valence-electron chi connectivity index (χ1n) is 7.65. The van der Waals surface area contributed by atoms with Crippen LogP contribution in [0.3, 0.4) is 0 Å². The van der Waals surface area contributed by atoms with Crippen molar-refractivity contribution in [1.82, 2.24) is 19.6 Å². The van der Waals surface area contributed by atoms with Crippen LogP contribution in [-0.4, -0.2) is 36.5 Å². The lowest BCUT2D eigenvalue weighted by molar-refractivity contribution is -0.116. The molecule has 25 heavy (non-hydrogen) atoms. The average molecular weight is 339 g/mol. The van der Waals surface area contributed by atoms with Crippen LogP contribution < -0.4 is 5.32 Å². The Bertz CT molecular complexity index is 895. The van der Waals surface area contributed by atoms with Crippen LogP contribution in [0.4, 0.5) is 5.82 Å². The van der Waals surface area contributed by atoms with Crippen LogP contribution in [-0.2, 0) is 17.9 Å². The fourth-order valence-electron chi connectivity index (χ4n) is 2.36. The molecule has 0 spiro atoms. The van der Waals surface area contributed by atoms with Crippen molar-refractivity contribution >= 4 is 17.7 Å². The molecule has 0 fully saturated rings. The van der Waals surface area contributed by atoms with Gasteiger partial charge in [-0.25, -0.2) is 9.48 Å². The highest BCUT2D eigenvalue weighted by atomic mass is 16.4. The van der Waals surface area contributed by atoms with Crippen molar-refractivity contribution in [3.8, 4) is 0 Å². The number of aryl methyl sites for hydroxylation is 1. The molecule has 1 amide bonds. The minimum atomic E-state index is -1.13. The van der Waals surface area contributed by atoms with Gasteiger partial charge in [0.25, 0.3) is 0 Å².